The molecule has 64 valence electrons. The molecule has 2 aliphatic rings. The van der Waals surface area contributed by atoms with Crippen LogP contribution < -0.4 is 5.49 Å². The lowest BCUT2D eigenvalue weighted by Gasteiger charge is -2.01. The Labute approximate surface area is 75.2 Å². The Bertz CT molecular complexity index is 468. The molecule has 0 saturated carbocycles. The predicted octanol–water partition coefficient (Wildman–Crippen LogP) is 1.37. The standard InChI is InChI=1S/C10H8N2O/c11-10-8-5-3-1-2-4-7(8)9(13)6-12-10/h1-6,11,13H. The fourth-order valence-corrected chi connectivity index (χ4v) is 1.24. The van der Waals surface area contributed by atoms with Crippen molar-refractivity contribution >= 4 is 0 Å². The number of rotatable bonds is 0. The largest absolute Gasteiger partial charge is 0.506 e. The fourth-order valence-electron chi connectivity index (χ4n) is 1.24. The molecule has 13 heavy (non-hydrogen) atoms. The Hall–Kier alpha value is -1.90. The van der Waals surface area contributed by atoms with Gasteiger partial charge in [-0.3, -0.25) is 5.41 Å². The quantitative estimate of drug-likeness (QED) is 0.630. The molecule has 0 aromatic rings. The molecule has 0 atom stereocenters. The van der Waals surface area contributed by atoms with Gasteiger partial charge in [0.2, 0.25) is 0 Å². The molecule has 0 saturated heterocycles. The summed E-state index contributed by atoms with van der Waals surface area (Å²) in [6, 6.07) is 9.02. The van der Waals surface area contributed by atoms with Gasteiger partial charge < -0.3 is 5.11 Å². The van der Waals surface area contributed by atoms with Crippen molar-refractivity contribution in [1.29, 1.82) is 5.41 Å². The molecule has 0 bridgehead atoms. The summed E-state index contributed by atoms with van der Waals surface area (Å²) in [6.45, 7) is 0. The smallest absolute Gasteiger partial charge is 0.152 e. The molecule has 3 nitrogen and oxygen atoms in total. The number of hydrogen-bond donors (Lipinski definition) is 2. The van der Waals surface area contributed by atoms with Crippen molar-refractivity contribution in [2.75, 3.05) is 0 Å². The van der Waals surface area contributed by atoms with Crippen LogP contribution in [-0.4, -0.2) is 10.1 Å². The van der Waals surface area contributed by atoms with Crippen LogP contribution in [0.15, 0.2) is 36.5 Å². The van der Waals surface area contributed by atoms with Crippen LogP contribution in [0.3, 0.4) is 0 Å². The summed E-state index contributed by atoms with van der Waals surface area (Å²) in [5.74, 6) is 0.113. The molecule has 0 fully saturated rings. The zero-order valence-electron chi connectivity index (χ0n) is 6.86. The summed E-state index contributed by atoms with van der Waals surface area (Å²) in [5, 5.41) is 17.0. The number of aromatic hydroxyl groups is 1. The first-order chi connectivity index (χ1) is 6.29. The summed E-state index contributed by atoms with van der Waals surface area (Å²) >= 11 is 0. The Morgan fingerprint density at radius 2 is 1.77 bits per heavy atom. The summed E-state index contributed by atoms with van der Waals surface area (Å²) in [4.78, 5) is 3.75. The van der Waals surface area contributed by atoms with E-state index in [9.17, 15) is 5.11 Å². The maximum absolute atomic E-state index is 9.46. The lowest BCUT2D eigenvalue weighted by atomic mass is 10.1. The van der Waals surface area contributed by atoms with Gasteiger partial charge in [-0.15, -0.1) is 0 Å². The van der Waals surface area contributed by atoms with E-state index in [2.05, 4.69) is 4.98 Å². The first kappa shape index (κ1) is 7.73. The van der Waals surface area contributed by atoms with Gasteiger partial charge >= 0.3 is 0 Å². The topological polar surface area (TPSA) is 57.0 Å². The first-order valence-electron chi connectivity index (χ1n) is 3.90. The summed E-state index contributed by atoms with van der Waals surface area (Å²) in [5.41, 5.74) is 1.50. The molecule has 1 aliphatic heterocycles. The number of nitrogens with zero attached hydrogens (tertiary/aromatic N) is 1. The highest BCUT2D eigenvalue weighted by molar-refractivity contribution is 5.68. The monoisotopic (exact) mass is 172 g/mol. The van der Waals surface area contributed by atoms with E-state index < -0.39 is 0 Å². The number of aromatic nitrogens is 1. The Balaban J connectivity index is 2.92. The number of nitrogens with one attached hydrogen (secondary N) is 1. The van der Waals surface area contributed by atoms with Gasteiger partial charge in [0.15, 0.2) is 5.49 Å². The molecule has 0 unspecified atom stereocenters. The number of hydrogen-bond acceptors (Lipinski definition) is 3. The van der Waals surface area contributed by atoms with Gasteiger partial charge in [-0.25, -0.2) is 4.98 Å². The molecule has 0 amide bonds. The second kappa shape index (κ2) is 2.86. The predicted molar refractivity (Wildman–Crippen MR) is 48.4 cm³/mol. The molecule has 3 heteroatoms. The third kappa shape index (κ3) is 1.24. The van der Waals surface area contributed by atoms with Crippen molar-refractivity contribution < 1.29 is 5.11 Å². The average molecular weight is 172 g/mol. The highest BCUT2D eigenvalue weighted by Crippen LogP contribution is 2.24. The highest BCUT2D eigenvalue weighted by Gasteiger charge is 2.06. The Kier molecular flexibility index (Phi) is 1.70. The van der Waals surface area contributed by atoms with Crippen molar-refractivity contribution in [3.05, 3.63) is 42.0 Å². The van der Waals surface area contributed by atoms with E-state index in [1.165, 1.54) is 6.20 Å². The zero-order chi connectivity index (χ0) is 9.26. The van der Waals surface area contributed by atoms with E-state index in [0.717, 1.165) is 0 Å². The number of fused-ring (bicyclic) bond motifs is 1. The first-order valence-corrected chi connectivity index (χ1v) is 3.90. The molecule has 0 aromatic carbocycles. The minimum atomic E-state index is 0.113. The Morgan fingerprint density at radius 1 is 1.08 bits per heavy atom. The summed E-state index contributed by atoms with van der Waals surface area (Å²) in [7, 11) is 0. The van der Waals surface area contributed by atoms with Gasteiger partial charge in [0.1, 0.15) is 5.75 Å². The lowest BCUT2D eigenvalue weighted by Crippen LogP contribution is -2.07. The van der Waals surface area contributed by atoms with Crippen LogP contribution >= 0.6 is 0 Å². The van der Waals surface area contributed by atoms with E-state index in [1.54, 1.807) is 12.1 Å². The maximum Gasteiger partial charge on any atom is 0.152 e. The normalized spacial score (nSPS) is 10.2. The van der Waals surface area contributed by atoms with Gasteiger partial charge in [0.05, 0.1) is 6.20 Å². The summed E-state index contributed by atoms with van der Waals surface area (Å²) in [6.07, 6.45) is 1.30. The fraction of sp³-hybridized carbons (Fsp3) is 0. The van der Waals surface area contributed by atoms with Gasteiger partial charge in [-0.1, -0.05) is 30.3 Å². The average Bonchev–Trinajstić information content (AvgIpc) is 2.37. The van der Waals surface area contributed by atoms with E-state index in [4.69, 9.17) is 5.41 Å². The maximum atomic E-state index is 9.46. The van der Waals surface area contributed by atoms with Crippen LogP contribution in [0.5, 0.6) is 5.75 Å². The molecule has 0 spiro atoms. The minimum absolute atomic E-state index is 0.113. The van der Waals surface area contributed by atoms with Crippen LogP contribution in [0.1, 0.15) is 0 Å². The van der Waals surface area contributed by atoms with E-state index in [1.807, 2.05) is 18.2 Å². The second-order valence-corrected chi connectivity index (χ2v) is 2.73. The number of pyridine rings is 1. The zero-order valence-corrected chi connectivity index (χ0v) is 6.86. The Morgan fingerprint density at radius 3 is 2.54 bits per heavy atom. The third-order valence-electron chi connectivity index (χ3n) is 1.89. The van der Waals surface area contributed by atoms with Gasteiger partial charge in [0.25, 0.3) is 0 Å². The van der Waals surface area contributed by atoms with Crippen molar-refractivity contribution in [3.63, 3.8) is 0 Å². The van der Waals surface area contributed by atoms with Crippen LogP contribution in [0.25, 0.3) is 11.1 Å². The van der Waals surface area contributed by atoms with E-state index >= 15 is 0 Å². The van der Waals surface area contributed by atoms with Crippen LogP contribution in [0, 0.1) is 5.41 Å². The molecule has 0 radical (unpaired) electrons. The van der Waals surface area contributed by atoms with Crippen LogP contribution in [-0.2, 0) is 0 Å². The van der Waals surface area contributed by atoms with Crippen molar-refractivity contribution in [3.8, 4) is 16.9 Å². The third-order valence-corrected chi connectivity index (χ3v) is 1.89. The van der Waals surface area contributed by atoms with Crippen molar-refractivity contribution in [2.45, 2.75) is 0 Å². The molecule has 1 heterocycles. The molecular formula is C10H8N2O. The SMILES string of the molecule is N=c1ncc(O)c2cccccc1-2. The van der Waals surface area contributed by atoms with E-state index in [-0.39, 0.29) is 11.2 Å². The van der Waals surface area contributed by atoms with Gasteiger partial charge in [-0.05, 0) is 0 Å². The molecule has 2 rings (SSSR count). The van der Waals surface area contributed by atoms with Crippen LogP contribution in [0.4, 0.5) is 0 Å². The van der Waals surface area contributed by atoms with Crippen molar-refractivity contribution in [2.24, 2.45) is 0 Å². The summed E-state index contributed by atoms with van der Waals surface area (Å²) < 4.78 is 0. The molecule has 1 aliphatic carbocycles. The highest BCUT2D eigenvalue weighted by atomic mass is 16.3. The molecular weight excluding hydrogens is 164 g/mol. The van der Waals surface area contributed by atoms with Crippen LogP contribution in [0.2, 0.25) is 0 Å². The molecule has 2 N–H and O–H groups in total. The molecule has 0 aromatic heterocycles. The van der Waals surface area contributed by atoms with Gasteiger partial charge in [0, 0.05) is 11.1 Å². The van der Waals surface area contributed by atoms with E-state index in [0.29, 0.717) is 11.1 Å². The second-order valence-electron chi connectivity index (χ2n) is 2.73. The lowest BCUT2D eigenvalue weighted by molar-refractivity contribution is 0.474. The minimum Gasteiger partial charge on any atom is -0.506 e. The van der Waals surface area contributed by atoms with Crippen molar-refractivity contribution in [1.82, 2.24) is 4.98 Å². The van der Waals surface area contributed by atoms with Gasteiger partial charge in [-0.2, -0.15) is 0 Å².